The van der Waals surface area contributed by atoms with Gasteiger partial charge in [-0.15, -0.1) is 0 Å². The molecule has 1 aliphatic rings. The van der Waals surface area contributed by atoms with Gasteiger partial charge in [-0.25, -0.2) is 0 Å². The third-order valence-corrected chi connectivity index (χ3v) is 3.13. The summed E-state index contributed by atoms with van der Waals surface area (Å²) in [5.41, 5.74) is -5.50. The minimum absolute atomic E-state index is 0.0888. The smallest absolute Gasteiger partial charge is 0.307 e. The summed E-state index contributed by atoms with van der Waals surface area (Å²) in [6.07, 6.45) is 0.447. The third kappa shape index (κ3) is 2.91. The fourth-order valence-corrected chi connectivity index (χ4v) is 1.92. The monoisotopic (exact) mass is 245 g/mol. The van der Waals surface area contributed by atoms with Crippen molar-refractivity contribution in [2.24, 2.45) is 0 Å². The first-order valence-corrected chi connectivity index (χ1v) is 5.72. The Morgan fingerprint density at radius 3 is 2.40 bits per heavy atom. The second-order valence-corrected chi connectivity index (χ2v) is 4.82. The van der Waals surface area contributed by atoms with Gasteiger partial charge in [0.15, 0.2) is 0 Å². The molecule has 1 N–H and O–H groups in total. The molecule has 0 radical (unpaired) electrons. The fraction of sp³-hybridized carbons (Fsp3) is 0.857. The van der Waals surface area contributed by atoms with Crippen molar-refractivity contribution in [3.63, 3.8) is 0 Å². The fourth-order valence-electron chi connectivity index (χ4n) is 1.29. The van der Waals surface area contributed by atoms with Gasteiger partial charge < -0.3 is 5.41 Å². The van der Waals surface area contributed by atoms with E-state index in [1.807, 2.05) is 0 Å². The predicted molar refractivity (Wildman–Crippen MR) is 46.0 cm³/mol. The lowest BCUT2D eigenvalue weighted by molar-refractivity contribution is -0.0558. The molecule has 0 aromatic heterocycles. The molecule has 1 unspecified atom stereocenters. The minimum Gasteiger partial charge on any atom is -0.307 e. The van der Waals surface area contributed by atoms with Crippen molar-refractivity contribution >= 4 is 15.8 Å². The van der Waals surface area contributed by atoms with Crippen LogP contribution in [0.5, 0.6) is 0 Å². The van der Waals surface area contributed by atoms with E-state index in [1.165, 1.54) is 0 Å². The molecule has 8 heteroatoms. The van der Waals surface area contributed by atoms with Gasteiger partial charge in [-0.1, -0.05) is 6.42 Å². The molecule has 1 rings (SSSR count). The standard InChI is InChI=1S/C7H10F3NO3S/c8-7(9,10)15(12,13)14-6-4-2-1-3-5(6)11/h6,11H,1-4H2. The van der Waals surface area contributed by atoms with Gasteiger partial charge in [-0.05, 0) is 19.3 Å². The number of hydrogen-bond donors (Lipinski definition) is 1. The van der Waals surface area contributed by atoms with E-state index in [-0.39, 0.29) is 18.6 Å². The van der Waals surface area contributed by atoms with E-state index >= 15 is 0 Å². The number of alkyl halides is 3. The minimum atomic E-state index is -5.57. The van der Waals surface area contributed by atoms with Crippen LogP contribution in [0.25, 0.3) is 0 Å². The first-order valence-electron chi connectivity index (χ1n) is 4.31. The topological polar surface area (TPSA) is 67.2 Å². The van der Waals surface area contributed by atoms with Crippen LogP contribution >= 0.6 is 0 Å². The number of hydrogen-bond acceptors (Lipinski definition) is 4. The molecule has 0 bridgehead atoms. The molecule has 0 aliphatic heterocycles. The molecular weight excluding hydrogens is 235 g/mol. The lowest BCUT2D eigenvalue weighted by Gasteiger charge is -2.22. The van der Waals surface area contributed by atoms with Crippen molar-refractivity contribution in [2.75, 3.05) is 0 Å². The first-order chi connectivity index (χ1) is 6.74. The molecule has 1 saturated carbocycles. The van der Waals surface area contributed by atoms with Crippen LogP contribution in [0.2, 0.25) is 0 Å². The average Bonchev–Trinajstić information content (AvgIpc) is 2.06. The van der Waals surface area contributed by atoms with Gasteiger partial charge in [-0.3, -0.25) is 4.18 Å². The van der Waals surface area contributed by atoms with Crippen LogP contribution in [-0.4, -0.2) is 25.7 Å². The zero-order valence-electron chi connectivity index (χ0n) is 7.67. The van der Waals surface area contributed by atoms with Crippen LogP contribution < -0.4 is 0 Å². The number of rotatable bonds is 2. The Balaban J connectivity index is 2.73. The Hall–Kier alpha value is -0.630. The molecule has 1 aliphatic carbocycles. The Labute approximate surface area is 85.1 Å². The van der Waals surface area contributed by atoms with Gasteiger partial charge in [0, 0.05) is 5.71 Å². The molecule has 0 spiro atoms. The Morgan fingerprint density at radius 2 is 1.93 bits per heavy atom. The highest BCUT2D eigenvalue weighted by Gasteiger charge is 2.49. The van der Waals surface area contributed by atoms with Gasteiger partial charge >= 0.3 is 15.6 Å². The zero-order valence-corrected chi connectivity index (χ0v) is 8.49. The Kier molecular flexibility index (Phi) is 3.39. The van der Waals surface area contributed by atoms with Crippen molar-refractivity contribution < 1.29 is 25.8 Å². The van der Waals surface area contributed by atoms with Gasteiger partial charge in [0.25, 0.3) is 0 Å². The van der Waals surface area contributed by atoms with Crippen LogP contribution in [0.15, 0.2) is 0 Å². The highest BCUT2D eigenvalue weighted by atomic mass is 32.2. The molecule has 1 fully saturated rings. The predicted octanol–water partition coefficient (Wildman–Crippen LogP) is 1.81. The summed E-state index contributed by atoms with van der Waals surface area (Å²) >= 11 is 0. The van der Waals surface area contributed by atoms with E-state index in [2.05, 4.69) is 4.18 Å². The summed E-state index contributed by atoms with van der Waals surface area (Å²) in [4.78, 5) is 0. The lowest BCUT2D eigenvalue weighted by atomic mass is 9.96. The van der Waals surface area contributed by atoms with Crippen molar-refractivity contribution in [1.82, 2.24) is 0 Å². The van der Waals surface area contributed by atoms with Gasteiger partial charge in [0.05, 0.1) is 0 Å². The summed E-state index contributed by atoms with van der Waals surface area (Å²) in [7, 11) is -5.57. The van der Waals surface area contributed by atoms with Crippen molar-refractivity contribution in [3.8, 4) is 0 Å². The van der Waals surface area contributed by atoms with E-state index in [0.29, 0.717) is 12.8 Å². The SMILES string of the molecule is N=C1CCCCC1OS(=O)(=O)C(F)(F)F. The maximum atomic E-state index is 11.9. The Bertz CT molecular complexity index is 349. The van der Waals surface area contributed by atoms with Crippen LogP contribution in [0.4, 0.5) is 13.2 Å². The Morgan fingerprint density at radius 1 is 1.33 bits per heavy atom. The molecule has 0 aromatic rings. The summed E-state index contributed by atoms with van der Waals surface area (Å²) in [6, 6.07) is 0. The second kappa shape index (κ2) is 4.09. The molecule has 0 aromatic carbocycles. The molecule has 1 atom stereocenters. The van der Waals surface area contributed by atoms with Gasteiger partial charge in [0.2, 0.25) is 0 Å². The number of halogens is 3. The van der Waals surface area contributed by atoms with Crippen LogP contribution in [-0.2, 0) is 14.3 Å². The molecule has 0 saturated heterocycles. The van der Waals surface area contributed by atoms with E-state index in [9.17, 15) is 21.6 Å². The molecule has 0 heterocycles. The third-order valence-electron chi connectivity index (χ3n) is 2.08. The summed E-state index contributed by atoms with van der Waals surface area (Å²) in [5.74, 6) is 0. The molecule has 0 amide bonds. The zero-order chi connectivity index (χ0) is 11.7. The van der Waals surface area contributed by atoms with Gasteiger partial charge in [0.1, 0.15) is 6.10 Å². The highest BCUT2D eigenvalue weighted by molar-refractivity contribution is 7.87. The highest BCUT2D eigenvalue weighted by Crippen LogP contribution is 2.28. The molecular formula is C7H10F3NO3S. The van der Waals surface area contributed by atoms with Gasteiger partial charge in [-0.2, -0.15) is 21.6 Å². The van der Waals surface area contributed by atoms with Crippen LogP contribution in [0.1, 0.15) is 25.7 Å². The molecule has 4 nitrogen and oxygen atoms in total. The molecule has 15 heavy (non-hydrogen) atoms. The maximum absolute atomic E-state index is 11.9. The number of nitrogens with one attached hydrogen (secondary N) is 1. The van der Waals surface area contributed by atoms with Crippen LogP contribution in [0, 0.1) is 5.41 Å². The van der Waals surface area contributed by atoms with E-state index in [0.717, 1.165) is 0 Å². The van der Waals surface area contributed by atoms with E-state index < -0.39 is 21.7 Å². The normalized spacial score (nSPS) is 24.2. The second-order valence-electron chi connectivity index (χ2n) is 3.26. The van der Waals surface area contributed by atoms with Crippen LogP contribution in [0.3, 0.4) is 0 Å². The maximum Gasteiger partial charge on any atom is 0.523 e. The first kappa shape index (κ1) is 12.4. The van der Waals surface area contributed by atoms with Crippen molar-refractivity contribution in [3.05, 3.63) is 0 Å². The quantitative estimate of drug-likeness (QED) is 0.596. The lowest BCUT2D eigenvalue weighted by Crippen LogP contribution is -2.35. The summed E-state index contributed by atoms with van der Waals surface area (Å²) < 4.78 is 61.0. The van der Waals surface area contributed by atoms with E-state index in [4.69, 9.17) is 5.41 Å². The summed E-state index contributed by atoms with van der Waals surface area (Å²) in [5, 5.41) is 7.27. The summed E-state index contributed by atoms with van der Waals surface area (Å²) in [6.45, 7) is 0. The molecule has 88 valence electrons. The van der Waals surface area contributed by atoms with Crippen molar-refractivity contribution in [1.29, 1.82) is 5.41 Å². The average molecular weight is 245 g/mol. The van der Waals surface area contributed by atoms with E-state index in [1.54, 1.807) is 0 Å². The largest absolute Gasteiger partial charge is 0.523 e. The van der Waals surface area contributed by atoms with Crippen molar-refractivity contribution in [2.45, 2.75) is 37.3 Å².